The number of thiocarbonyl (C=S) groups is 1. The SMILES string of the molecule is O=C(NC(=S)Nc1ccccc1CBr)c1ccccc1. The van der Waals surface area contributed by atoms with Gasteiger partial charge in [0.25, 0.3) is 5.91 Å². The molecular weight excluding hydrogens is 336 g/mol. The minimum Gasteiger partial charge on any atom is -0.332 e. The third kappa shape index (κ3) is 3.88. The van der Waals surface area contributed by atoms with Crippen LogP contribution in [0.25, 0.3) is 0 Å². The van der Waals surface area contributed by atoms with Crippen LogP contribution in [0.1, 0.15) is 15.9 Å². The van der Waals surface area contributed by atoms with E-state index in [-0.39, 0.29) is 11.0 Å². The monoisotopic (exact) mass is 348 g/mol. The van der Waals surface area contributed by atoms with Gasteiger partial charge in [0, 0.05) is 16.6 Å². The molecule has 2 N–H and O–H groups in total. The zero-order valence-corrected chi connectivity index (χ0v) is 13.0. The molecule has 0 saturated heterocycles. The lowest BCUT2D eigenvalue weighted by atomic mass is 10.2. The van der Waals surface area contributed by atoms with Crippen molar-refractivity contribution < 1.29 is 4.79 Å². The van der Waals surface area contributed by atoms with E-state index in [9.17, 15) is 4.79 Å². The van der Waals surface area contributed by atoms with Crippen LogP contribution in [0.4, 0.5) is 5.69 Å². The van der Waals surface area contributed by atoms with E-state index in [0.717, 1.165) is 11.3 Å². The molecule has 3 nitrogen and oxygen atoms in total. The van der Waals surface area contributed by atoms with Crippen molar-refractivity contribution in [1.29, 1.82) is 0 Å². The third-order valence-corrected chi connectivity index (χ3v) is 3.48. The average Bonchev–Trinajstić information content (AvgIpc) is 2.48. The van der Waals surface area contributed by atoms with Crippen molar-refractivity contribution in [3.05, 3.63) is 65.7 Å². The molecule has 0 spiro atoms. The van der Waals surface area contributed by atoms with Gasteiger partial charge < -0.3 is 5.32 Å². The number of benzene rings is 2. The molecule has 20 heavy (non-hydrogen) atoms. The molecule has 0 aliphatic heterocycles. The van der Waals surface area contributed by atoms with E-state index in [1.807, 2.05) is 42.5 Å². The molecular formula is C15H13BrN2OS. The van der Waals surface area contributed by atoms with Gasteiger partial charge in [-0.15, -0.1) is 0 Å². The molecule has 0 fully saturated rings. The highest BCUT2D eigenvalue weighted by Gasteiger charge is 2.08. The van der Waals surface area contributed by atoms with E-state index >= 15 is 0 Å². The lowest BCUT2D eigenvalue weighted by Crippen LogP contribution is -2.34. The highest BCUT2D eigenvalue weighted by molar-refractivity contribution is 9.08. The van der Waals surface area contributed by atoms with Gasteiger partial charge in [0.05, 0.1) is 0 Å². The van der Waals surface area contributed by atoms with Crippen LogP contribution < -0.4 is 10.6 Å². The Bertz CT molecular complexity index is 616. The topological polar surface area (TPSA) is 41.1 Å². The van der Waals surface area contributed by atoms with Crippen molar-refractivity contribution in [1.82, 2.24) is 5.32 Å². The normalized spacial score (nSPS) is 9.85. The molecule has 0 unspecified atom stereocenters. The maximum atomic E-state index is 12.0. The summed E-state index contributed by atoms with van der Waals surface area (Å²) in [4.78, 5) is 12.0. The minimum absolute atomic E-state index is 0.223. The van der Waals surface area contributed by atoms with Gasteiger partial charge in [0.15, 0.2) is 5.11 Å². The smallest absolute Gasteiger partial charge is 0.257 e. The number of hydrogen-bond donors (Lipinski definition) is 2. The minimum atomic E-state index is -0.223. The Kier molecular flexibility index (Phi) is 5.26. The van der Waals surface area contributed by atoms with Crippen LogP contribution in [0.5, 0.6) is 0 Å². The third-order valence-electron chi connectivity index (χ3n) is 2.67. The molecule has 2 aromatic rings. The molecule has 0 bridgehead atoms. The Morgan fingerprint density at radius 1 is 1.05 bits per heavy atom. The average molecular weight is 349 g/mol. The van der Waals surface area contributed by atoms with Crippen LogP contribution >= 0.6 is 28.1 Å². The molecule has 0 aromatic heterocycles. The standard InChI is InChI=1S/C15H13BrN2OS/c16-10-12-8-4-5-9-13(12)17-15(20)18-14(19)11-6-2-1-3-7-11/h1-9H,10H2,(H2,17,18,19,20). The first-order valence-electron chi connectivity index (χ1n) is 6.02. The molecule has 0 saturated carbocycles. The van der Waals surface area contributed by atoms with Gasteiger partial charge in [-0.05, 0) is 36.0 Å². The molecule has 102 valence electrons. The highest BCUT2D eigenvalue weighted by Crippen LogP contribution is 2.17. The number of amides is 1. The number of carbonyl (C=O) groups excluding carboxylic acids is 1. The Morgan fingerprint density at radius 3 is 2.40 bits per heavy atom. The molecule has 1 amide bonds. The number of hydrogen-bond acceptors (Lipinski definition) is 2. The summed E-state index contributed by atoms with van der Waals surface area (Å²) in [5.41, 5.74) is 2.52. The Balaban J connectivity index is 2.01. The largest absolute Gasteiger partial charge is 0.332 e. The van der Waals surface area contributed by atoms with Gasteiger partial charge >= 0.3 is 0 Å². The zero-order chi connectivity index (χ0) is 14.4. The number of halogens is 1. The fourth-order valence-corrected chi connectivity index (χ4v) is 2.37. The summed E-state index contributed by atoms with van der Waals surface area (Å²) in [5.74, 6) is -0.223. The Hall–Kier alpha value is -1.72. The van der Waals surface area contributed by atoms with Crippen LogP contribution in [0.15, 0.2) is 54.6 Å². The van der Waals surface area contributed by atoms with Crippen LogP contribution in [-0.2, 0) is 5.33 Å². The number of carbonyl (C=O) groups is 1. The van der Waals surface area contributed by atoms with Crippen LogP contribution in [0, 0.1) is 0 Å². The number of anilines is 1. The first-order chi connectivity index (χ1) is 9.70. The van der Waals surface area contributed by atoms with Crippen LogP contribution in [0.3, 0.4) is 0 Å². The second kappa shape index (κ2) is 7.17. The quantitative estimate of drug-likeness (QED) is 0.656. The van der Waals surface area contributed by atoms with Crippen molar-refractivity contribution in [3.63, 3.8) is 0 Å². The molecule has 0 aliphatic carbocycles. The molecule has 0 heterocycles. The van der Waals surface area contributed by atoms with Gasteiger partial charge in [-0.3, -0.25) is 10.1 Å². The fraction of sp³-hybridized carbons (Fsp3) is 0.0667. The van der Waals surface area contributed by atoms with Crippen molar-refractivity contribution in [2.24, 2.45) is 0 Å². The molecule has 0 aliphatic rings. The lowest BCUT2D eigenvalue weighted by molar-refractivity contribution is 0.0978. The summed E-state index contributed by atoms with van der Waals surface area (Å²) in [5, 5.41) is 6.69. The van der Waals surface area contributed by atoms with E-state index in [0.29, 0.717) is 10.9 Å². The van der Waals surface area contributed by atoms with E-state index < -0.39 is 0 Å². The van der Waals surface area contributed by atoms with Crippen molar-refractivity contribution in [2.45, 2.75) is 5.33 Å². The zero-order valence-electron chi connectivity index (χ0n) is 10.6. The summed E-state index contributed by atoms with van der Waals surface area (Å²) in [6, 6.07) is 16.7. The Labute approximate surface area is 131 Å². The predicted octanol–water partition coefficient (Wildman–Crippen LogP) is 3.71. The van der Waals surface area contributed by atoms with Crippen molar-refractivity contribution in [3.8, 4) is 0 Å². The number of para-hydroxylation sites is 1. The summed E-state index contributed by atoms with van der Waals surface area (Å²) >= 11 is 8.58. The first-order valence-corrected chi connectivity index (χ1v) is 7.55. The van der Waals surface area contributed by atoms with E-state index in [1.165, 1.54) is 0 Å². The van der Waals surface area contributed by atoms with Gasteiger partial charge in [-0.1, -0.05) is 52.3 Å². The van der Waals surface area contributed by atoms with Gasteiger partial charge in [-0.25, -0.2) is 0 Å². The van der Waals surface area contributed by atoms with E-state index in [2.05, 4.69) is 26.6 Å². The molecule has 2 aromatic carbocycles. The molecule has 2 rings (SSSR count). The Morgan fingerprint density at radius 2 is 1.70 bits per heavy atom. The molecule has 0 radical (unpaired) electrons. The molecule has 5 heteroatoms. The van der Waals surface area contributed by atoms with Crippen LogP contribution in [-0.4, -0.2) is 11.0 Å². The van der Waals surface area contributed by atoms with E-state index in [4.69, 9.17) is 12.2 Å². The second-order valence-electron chi connectivity index (χ2n) is 4.07. The van der Waals surface area contributed by atoms with Crippen molar-refractivity contribution >= 4 is 44.9 Å². The number of rotatable bonds is 3. The molecule has 0 atom stereocenters. The maximum Gasteiger partial charge on any atom is 0.257 e. The fourth-order valence-electron chi connectivity index (χ4n) is 1.68. The predicted molar refractivity (Wildman–Crippen MR) is 89.2 cm³/mol. The maximum absolute atomic E-state index is 12.0. The second-order valence-corrected chi connectivity index (χ2v) is 5.03. The van der Waals surface area contributed by atoms with Crippen LogP contribution in [0.2, 0.25) is 0 Å². The summed E-state index contributed by atoms with van der Waals surface area (Å²) in [6.45, 7) is 0. The lowest BCUT2D eigenvalue weighted by Gasteiger charge is -2.12. The first kappa shape index (κ1) is 14.7. The van der Waals surface area contributed by atoms with Crippen molar-refractivity contribution in [2.75, 3.05) is 5.32 Å². The summed E-state index contributed by atoms with van der Waals surface area (Å²) < 4.78 is 0. The number of alkyl halides is 1. The highest BCUT2D eigenvalue weighted by atomic mass is 79.9. The summed E-state index contributed by atoms with van der Waals surface area (Å²) in [7, 11) is 0. The summed E-state index contributed by atoms with van der Waals surface area (Å²) in [6.07, 6.45) is 0. The van der Waals surface area contributed by atoms with Gasteiger partial charge in [-0.2, -0.15) is 0 Å². The van der Waals surface area contributed by atoms with Gasteiger partial charge in [0.1, 0.15) is 0 Å². The van der Waals surface area contributed by atoms with E-state index in [1.54, 1.807) is 12.1 Å². The van der Waals surface area contributed by atoms with Gasteiger partial charge in [0.2, 0.25) is 0 Å². The number of nitrogens with one attached hydrogen (secondary N) is 2.